The number of nitrogens with zero attached hydrogens (tertiary/aromatic N) is 2. The van der Waals surface area contributed by atoms with Crippen molar-refractivity contribution >= 4 is 11.7 Å². The molecule has 3 heterocycles. The van der Waals surface area contributed by atoms with Gasteiger partial charge < -0.3 is 19.7 Å². The van der Waals surface area contributed by atoms with Crippen LogP contribution in [-0.2, 0) is 11.3 Å². The zero-order valence-corrected chi connectivity index (χ0v) is 18.7. The van der Waals surface area contributed by atoms with Crippen LogP contribution in [0.2, 0.25) is 0 Å². The molecule has 1 atom stereocenters. The van der Waals surface area contributed by atoms with E-state index in [0.717, 1.165) is 24.1 Å². The number of nitrogens with one attached hydrogen (secondary N) is 1. The number of furan rings is 1. The predicted octanol–water partition coefficient (Wildman–Crippen LogP) is 5.28. The van der Waals surface area contributed by atoms with Crippen LogP contribution in [0.25, 0.3) is 22.6 Å². The van der Waals surface area contributed by atoms with E-state index in [1.54, 1.807) is 30.5 Å². The monoisotopic (exact) mass is 475 g/mol. The summed E-state index contributed by atoms with van der Waals surface area (Å²) >= 11 is 0. The van der Waals surface area contributed by atoms with E-state index in [4.69, 9.17) is 9.40 Å². The summed E-state index contributed by atoms with van der Waals surface area (Å²) in [6.45, 7) is 0.566. The number of para-hydroxylation sites is 1. The molecular formula is C27H23F2N3O3. The van der Waals surface area contributed by atoms with Crippen molar-refractivity contribution < 1.29 is 23.1 Å². The highest BCUT2D eigenvalue weighted by Crippen LogP contribution is 2.35. The standard InChI is InChI=1S/C27H23F2N3O3/c28-19-10-9-17(21(29)15-19)16-30-27(34)23-6-3-11-32(23)26-14-18(25-8-4-12-35-25)13-22(31-26)20-5-1-2-7-24(20)33/h1-2,4-5,7-10,12-15,23,33H,3,6,11,16H2,(H,30,34)/t23-/m0/s1. The minimum absolute atomic E-state index is 0.0434. The van der Waals surface area contributed by atoms with Crippen LogP contribution >= 0.6 is 0 Å². The van der Waals surface area contributed by atoms with Gasteiger partial charge in [-0.3, -0.25) is 4.79 Å². The van der Waals surface area contributed by atoms with Crippen LogP contribution in [0.1, 0.15) is 18.4 Å². The summed E-state index contributed by atoms with van der Waals surface area (Å²) in [5.41, 5.74) is 2.09. The van der Waals surface area contributed by atoms with Crippen LogP contribution in [0.5, 0.6) is 5.75 Å². The lowest BCUT2D eigenvalue weighted by Crippen LogP contribution is -2.43. The van der Waals surface area contributed by atoms with Gasteiger partial charge in [0.05, 0.1) is 12.0 Å². The number of phenols is 1. The van der Waals surface area contributed by atoms with Crippen molar-refractivity contribution in [1.82, 2.24) is 10.3 Å². The van der Waals surface area contributed by atoms with E-state index in [0.29, 0.717) is 35.8 Å². The number of carbonyl (C=O) groups is 1. The second-order valence-electron chi connectivity index (χ2n) is 8.40. The maximum Gasteiger partial charge on any atom is 0.243 e. The van der Waals surface area contributed by atoms with Gasteiger partial charge in [0.15, 0.2) is 0 Å². The SMILES string of the molecule is O=C(NCc1ccc(F)cc1F)[C@@H]1CCCN1c1cc(-c2ccco2)cc(-c2ccccc2O)n1. The van der Waals surface area contributed by atoms with Crippen molar-refractivity contribution in [3.05, 3.63) is 90.2 Å². The van der Waals surface area contributed by atoms with Gasteiger partial charge in [-0.05, 0) is 55.3 Å². The van der Waals surface area contributed by atoms with E-state index in [-0.39, 0.29) is 23.8 Å². The van der Waals surface area contributed by atoms with Gasteiger partial charge in [-0.15, -0.1) is 0 Å². The predicted molar refractivity (Wildman–Crippen MR) is 128 cm³/mol. The first-order valence-corrected chi connectivity index (χ1v) is 11.3. The Bertz CT molecular complexity index is 1360. The van der Waals surface area contributed by atoms with Crippen LogP contribution in [-0.4, -0.2) is 28.6 Å². The Morgan fingerprint density at radius 2 is 1.97 bits per heavy atom. The zero-order chi connectivity index (χ0) is 24.4. The third-order valence-corrected chi connectivity index (χ3v) is 6.12. The zero-order valence-electron chi connectivity index (χ0n) is 18.7. The average Bonchev–Trinajstić information content (AvgIpc) is 3.56. The van der Waals surface area contributed by atoms with Gasteiger partial charge in [-0.25, -0.2) is 13.8 Å². The van der Waals surface area contributed by atoms with Gasteiger partial charge in [-0.1, -0.05) is 18.2 Å². The van der Waals surface area contributed by atoms with Crippen molar-refractivity contribution in [2.24, 2.45) is 0 Å². The summed E-state index contributed by atoms with van der Waals surface area (Å²) < 4.78 is 32.8. The first-order chi connectivity index (χ1) is 17.0. The molecule has 0 saturated carbocycles. The highest BCUT2D eigenvalue weighted by molar-refractivity contribution is 5.86. The fourth-order valence-electron chi connectivity index (χ4n) is 4.36. The number of amides is 1. The largest absolute Gasteiger partial charge is 0.507 e. The number of phenolic OH excluding ortho intramolecular Hbond substituents is 1. The van der Waals surface area contributed by atoms with Gasteiger partial charge in [0.2, 0.25) is 5.91 Å². The lowest BCUT2D eigenvalue weighted by molar-refractivity contribution is -0.122. The Morgan fingerprint density at radius 3 is 2.74 bits per heavy atom. The topological polar surface area (TPSA) is 78.6 Å². The fraction of sp³-hybridized carbons (Fsp3) is 0.185. The van der Waals surface area contributed by atoms with Crippen molar-refractivity contribution in [1.29, 1.82) is 0 Å². The number of rotatable bonds is 6. The Kier molecular flexibility index (Phi) is 6.18. The summed E-state index contributed by atoms with van der Waals surface area (Å²) in [6.07, 6.45) is 2.97. The maximum atomic E-state index is 14.0. The average molecular weight is 475 g/mol. The third kappa shape index (κ3) is 4.73. The molecule has 4 aromatic rings. The molecular weight excluding hydrogens is 452 g/mol. The first-order valence-electron chi connectivity index (χ1n) is 11.3. The smallest absolute Gasteiger partial charge is 0.243 e. The summed E-state index contributed by atoms with van der Waals surface area (Å²) in [5.74, 6) is -0.323. The molecule has 2 aromatic carbocycles. The lowest BCUT2D eigenvalue weighted by atomic mass is 10.1. The molecule has 8 heteroatoms. The molecule has 0 unspecified atom stereocenters. The molecule has 2 aromatic heterocycles. The van der Waals surface area contributed by atoms with E-state index >= 15 is 0 Å². The van der Waals surface area contributed by atoms with Crippen LogP contribution < -0.4 is 10.2 Å². The Hall–Kier alpha value is -4.20. The molecule has 0 aliphatic carbocycles. The van der Waals surface area contributed by atoms with Crippen molar-refractivity contribution in [3.63, 3.8) is 0 Å². The molecule has 0 radical (unpaired) electrons. The number of aromatic nitrogens is 1. The number of benzene rings is 2. The van der Waals surface area contributed by atoms with Gasteiger partial charge in [0.25, 0.3) is 0 Å². The Balaban J connectivity index is 1.44. The molecule has 1 fully saturated rings. The minimum Gasteiger partial charge on any atom is -0.507 e. The third-order valence-electron chi connectivity index (χ3n) is 6.12. The molecule has 2 N–H and O–H groups in total. The molecule has 178 valence electrons. The van der Waals surface area contributed by atoms with Crippen molar-refractivity contribution in [2.75, 3.05) is 11.4 Å². The number of hydrogen-bond acceptors (Lipinski definition) is 5. The molecule has 1 aliphatic rings. The molecule has 1 aliphatic heterocycles. The highest BCUT2D eigenvalue weighted by Gasteiger charge is 2.32. The van der Waals surface area contributed by atoms with Crippen LogP contribution in [0.4, 0.5) is 14.6 Å². The quantitative estimate of drug-likeness (QED) is 0.397. The fourth-order valence-corrected chi connectivity index (χ4v) is 4.36. The molecule has 5 rings (SSSR count). The number of halogens is 2. The first kappa shape index (κ1) is 22.6. The van der Waals surface area contributed by atoms with Crippen molar-refractivity contribution in [2.45, 2.75) is 25.4 Å². The Morgan fingerprint density at radius 1 is 1.11 bits per heavy atom. The van der Waals surface area contributed by atoms with Crippen LogP contribution in [0, 0.1) is 11.6 Å². The lowest BCUT2D eigenvalue weighted by Gasteiger charge is -2.26. The second kappa shape index (κ2) is 9.58. The molecule has 1 amide bonds. The van der Waals surface area contributed by atoms with Gasteiger partial charge in [0.1, 0.15) is 35.0 Å². The van der Waals surface area contributed by atoms with E-state index in [1.165, 1.54) is 6.07 Å². The summed E-state index contributed by atoms with van der Waals surface area (Å²) in [7, 11) is 0. The molecule has 35 heavy (non-hydrogen) atoms. The van der Waals surface area contributed by atoms with Crippen LogP contribution in [0.15, 0.2) is 77.4 Å². The summed E-state index contributed by atoms with van der Waals surface area (Å²) in [6, 6.07) is 17.0. The van der Waals surface area contributed by atoms with Crippen LogP contribution in [0.3, 0.4) is 0 Å². The number of pyridine rings is 1. The molecule has 1 saturated heterocycles. The maximum absolute atomic E-state index is 14.0. The summed E-state index contributed by atoms with van der Waals surface area (Å²) in [4.78, 5) is 19.8. The number of carbonyl (C=O) groups excluding carboxylic acids is 1. The minimum atomic E-state index is -0.700. The second-order valence-corrected chi connectivity index (χ2v) is 8.40. The van der Waals surface area contributed by atoms with E-state index in [1.807, 2.05) is 29.2 Å². The summed E-state index contributed by atoms with van der Waals surface area (Å²) in [5, 5.41) is 13.2. The van der Waals surface area contributed by atoms with Gasteiger partial charge >= 0.3 is 0 Å². The van der Waals surface area contributed by atoms with Crippen molar-refractivity contribution in [3.8, 4) is 28.3 Å². The normalized spacial score (nSPS) is 15.4. The highest BCUT2D eigenvalue weighted by atomic mass is 19.1. The van der Waals surface area contributed by atoms with E-state index in [2.05, 4.69) is 5.32 Å². The van der Waals surface area contributed by atoms with Gasteiger partial charge in [-0.2, -0.15) is 0 Å². The number of aromatic hydroxyl groups is 1. The van der Waals surface area contributed by atoms with E-state index < -0.39 is 17.7 Å². The van der Waals surface area contributed by atoms with Gasteiger partial charge in [0, 0.05) is 35.8 Å². The molecule has 0 spiro atoms. The number of anilines is 1. The van der Waals surface area contributed by atoms with E-state index in [9.17, 15) is 18.7 Å². The molecule has 0 bridgehead atoms. The Labute approximate surface area is 200 Å². The number of hydrogen-bond donors (Lipinski definition) is 2. The molecule has 6 nitrogen and oxygen atoms in total.